The van der Waals surface area contributed by atoms with E-state index in [2.05, 4.69) is 23.8 Å². The first-order valence-corrected chi connectivity index (χ1v) is 5.81. The Morgan fingerprint density at radius 2 is 2.40 bits per heavy atom. The second-order valence-corrected chi connectivity index (χ2v) is 4.34. The number of nitrogens with zero attached hydrogens (tertiary/aromatic N) is 2. The van der Waals surface area contributed by atoms with Crippen molar-refractivity contribution in [2.24, 2.45) is 5.92 Å². The third kappa shape index (κ3) is 3.87. The molecule has 1 aromatic heterocycles. The fourth-order valence-corrected chi connectivity index (χ4v) is 1.83. The predicted molar refractivity (Wildman–Crippen MR) is 59.2 cm³/mol. The van der Waals surface area contributed by atoms with Gasteiger partial charge in [0.25, 0.3) is 0 Å². The number of hydrogen-bond acceptors (Lipinski definition) is 4. The molecular weight excluding hydrogens is 212 g/mol. The molecule has 4 nitrogen and oxygen atoms in total. The fraction of sp³-hybridized carbons (Fsp3) is 0.500. The van der Waals surface area contributed by atoms with E-state index in [1.54, 1.807) is 0 Å². The average molecular weight is 226 g/mol. The van der Waals surface area contributed by atoms with Crippen molar-refractivity contribution in [2.75, 3.05) is 5.75 Å². The summed E-state index contributed by atoms with van der Waals surface area (Å²) in [5, 5.41) is 9.27. The zero-order chi connectivity index (χ0) is 11.3. The zero-order valence-corrected chi connectivity index (χ0v) is 9.62. The van der Waals surface area contributed by atoms with Crippen molar-refractivity contribution >= 4 is 17.7 Å². The summed E-state index contributed by atoms with van der Waals surface area (Å²) in [6.45, 7) is 4.27. The minimum Gasteiger partial charge on any atom is -0.477 e. The highest BCUT2D eigenvalue weighted by Crippen LogP contribution is 2.17. The lowest BCUT2D eigenvalue weighted by Crippen LogP contribution is -2.03. The highest BCUT2D eigenvalue weighted by molar-refractivity contribution is 7.99. The van der Waals surface area contributed by atoms with E-state index in [1.165, 1.54) is 24.0 Å². The van der Waals surface area contributed by atoms with Gasteiger partial charge < -0.3 is 5.11 Å². The van der Waals surface area contributed by atoms with Crippen LogP contribution in [0.25, 0.3) is 0 Å². The van der Waals surface area contributed by atoms with Crippen molar-refractivity contribution in [1.82, 2.24) is 9.97 Å². The Kier molecular flexibility index (Phi) is 4.55. The minimum atomic E-state index is -1.01. The van der Waals surface area contributed by atoms with Gasteiger partial charge >= 0.3 is 5.97 Å². The van der Waals surface area contributed by atoms with Gasteiger partial charge in [0.2, 0.25) is 0 Å². The lowest BCUT2D eigenvalue weighted by Gasteiger charge is -2.06. The van der Waals surface area contributed by atoms with Gasteiger partial charge in [-0.1, -0.05) is 32.0 Å². The van der Waals surface area contributed by atoms with Crippen LogP contribution >= 0.6 is 11.8 Å². The van der Waals surface area contributed by atoms with Crippen LogP contribution in [-0.2, 0) is 0 Å². The van der Waals surface area contributed by atoms with E-state index in [9.17, 15) is 4.79 Å². The van der Waals surface area contributed by atoms with Crippen LogP contribution in [0.2, 0.25) is 0 Å². The van der Waals surface area contributed by atoms with E-state index in [0.29, 0.717) is 11.1 Å². The highest BCUT2D eigenvalue weighted by atomic mass is 32.2. The van der Waals surface area contributed by atoms with E-state index >= 15 is 0 Å². The predicted octanol–water partition coefficient (Wildman–Crippen LogP) is 2.31. The van der Waals surface area contributed by atoms with Crippen LogP contribution in [0, 0.1) is 5.92 Å². The molecule has 15 heavy (non-hydrogen) atoms. The first-order chi connectivity index (χ1) is 7.13. The molecule has 0 saturated heterocycles. The van der Waals surface area contributed by atoms with Crippen molar-refractivity contribution in [3.8, 4) is 0 Å². The molecule has 1 atom stereocenters. The zero-order valence-electron chi connectivity index (χ0n) is 8.80. The maximum Gasteiger partial charge on any atom is 0.354 e. The summed E-state index contributed by atoms with van der Waals surface area (Å²) in [4.78, 5) is 18.6. The van der Waals surface area contributed by atoms with Gasteiger partial charge in [-0.2, -0.15) is 0 Å². The van der Waals surface area contributed by atoms with Crippen LogP contribution in [0.3, 0.4) is 0 Å². The second-order valence-electron chi connectivity index (χ2n) is 3.35. The molecule has 0 aliphatic heterocycles. The quantitative estimate of drug-likeness (QED) is 0.616. The standard InChI is InChI=1S/C10H14N2O2S/c1-3-7(2)6-15-10-11-5-4-8(12-10)9(13)14/h4-5,7H,3,6H2,1-2H3,(H,13,14). The molecule has 0 bridgehead atoms. The molecule has 0 amide bonds. The van der Waals surface area contributed by atoms with Gasteiger partial charge in [0.05, 0.1) is 0 Å². The summed E-state index contributed by atoms with van der Waals surface area (Å²) >= 11 is 1.50. The van der Waals surface area contributed by atoms with Gasteiger partial charge in [-0.25, -0.2) is 14.8 Å². The smallest absolute Gasteiger partial charge is 0.354 e. The molecule has 0 fully saturated rings. The summed E-state index contributed by atoms with van der Waals surface area (Å²) in [6.07, 6.45) is 2.58. The topological polar surface area (TPSA) is 63.1 Å². The van der Waals surface area contributed by atoms with E-state index in [1.807, 2.05) is 0 Å². The van der Waals surface area contributed by atoms with E-state index in [4.69, 9.17) is 5.11 Å². The van der Waals surface area contributed by atoms with E-state index in [0.717, 1.165) is 12.2 Å². The molecule has 0 radical (unpaired) electrons. The Hall–Kier alpha value is -1.10. The first-order valence-electron chi connectivity index (χ1n) is 4.82. The van der Waals surface area contributed by atoms with Crippen LogP contribution < -0.4 is 0 Å². The van der Waals surface area contributed by atoms with Crippen molar-refractivity contribution in [3.05, 3.63) is 18.0 Å². The summed E-state index contributed by atoms with van der Waals surface area (Å²) < 4.78 is 0. The number of carboxylic acids is 1. The van der Waals surface area contributed by atoms with Crippen LogP contribution in [0.15, 0.2) is 17.4 Å². The molecule has 82 valence electrons. The number of carbonyl (C=O) groups is 1. The van der Waals surface area contributed by atoms with Gasteiger partial charge in [0.15, 0.2) is 10.9 Å². The third-order valence-electron chi connectivity index (χ3n) is 2.05. The maximum atomic E-state index is 10.6. The normalized spacial score (nSPS) is 12.4. The molecule has 0 aromatic carbocycles. The van der Waals surface area contributed by atoms with Crippen LogP contribution in [0.5, 0.6) is 0 Å². The molecule has 0 spiro atoms. The monoisotopic (exact) mass is 226 g/mol. The van der Waals surface area contributed by atoms with Crippen molar-refractivity contribution in [3.63, 3.8) is 0 Å². The van der Waals surface area contributed by atoms with Gasteiger partial charge in [-0.3, -0.25) is 0 Å². The number of carboxylic acid groups (broad SMARTS) is 1. The summed E-state index contributed by atoms with van der Waals surface area (Å²) in [6, 6.07) is 1.40. The number of hydrogen-bond donors (Lipinski definition) is 1. The molecule has 1 unspecified atom stereocenters. The average Bonchev–Trinajstić information content (AvgIpc) is 2.26. The van der Waals surface area contributed by atoms with E-state index in [-0.39, 0.29) is 5.69 Å². The van der Waals surface area contributed by atoms with Crippen molar-refractivity contribution < 1.29 is 9.90 Å². The molecule has 1 aromatic rings. The van der Waals surface area contributed by atoms with Crippen molar-refractivity contribution in [1.29, 1.82) is 0 Å². The molecule has 1 heterocycles. The molecule has 5 heteroatoms. The van der Waals surface area contributed by atoms with Gasteiger partial charge in [-0.05, 0) is 12.0 Å². The molecule has 0 aliphatic rings. The molecule has 0 aliphatic carbocycles. The number of aromatic nitrogens is 2. The Morgan fingerprint density at radius 1 is 1.67 bits per heavy atom. The maximum absolute atomic E-state index is 10.6. The van der Waals surface area contributed by atoms with Gasteiger partial charge in [-0.15, -0.1) is 0 Å². The largest absolute Gasteiger partial charge is 0.477 e. The Bertz CT molecular complexity index is 344. The Morgan fingerprint density at radius 3 is 3.00 bits per heavy atom. The third-order valence-corrected chi connectivity index (χ3v) is 3.24. The van der Waals surface area contributed by atoms with Crippen LogP contribution in [0.1, 0.15) is 30.8 Å². The number of rotatable bonds is 5. The van der Waals surface area contributed by atoms with Gasteiger partial charge in [0, 0.05) is 11.9 Å². The lowest BCUT2D eigenvalue weighted by atomic mass is 10.2. The number of thioether (sulfide) groups is 1. The molecule has 1 N–H and O–H groups in total. The highest BCUT2D eigenvalue weighted by Gasteiger charge is 2.07. The second kappa shape index (κ2) is 5.70. The van der Waals surface area contributed by atoms with E-state index < -0.39 is 5.97 Å². The van der Waals surface area contributed by atoms with Crippen LogP contribution in [0.4, 0.5) is 0 Å². The minimum absolute atomic E-state index is 0.0525. The molecular formula is C10H14N2O2S. The van der Waals surface area contributed by atoms with Gasteiger partial charge in [0.1, 0.15) is 0 Å². The summed E-state index contributed by atoms with van der Waals surface area (Å²) in [7, 11) is 0. The van der Waals surface area contributed by atoms with Crippen molar-refractivity contribution in [2.45, 2.75) is 25.4 Å². The van der Waals surface area contributed by atoms with Crippen LogP contribution in [-0.4, -0.2) is 26.8 Å². The Labute approximate surface area is 93.1 Å². The molecule has 1 rings (SSSR count). The SMILES string of the molecule is CCC(C)CSc1nccc(C(=O)O)n1. The first kappa shape index (κ1) is 12.0. The summed E-state index contributed by atoms with van der Waals surface area (Å²) in [5.74, 6) is 0.495. The molecule has 0 saturated carbocycles. The summed E-state index contributed by atoms with van der Waals surface area (Å²) in [5.41, 5.74) is 0.0525. The fourth-order valence-electron chi connectivity index (χ4n) is 0.864. The number of aromatic carboxylic acids is 1. The Balaban J connectivity index is 2.62. The lowest BCUT2D eigenvalue weighted by molar-refractivity contribution is 0.0689.